The highest BCUT2D eigenvalue weighted by Crippen LogP contribution is 2.30. The summed E-state index contributed by atoms with van der Waals surface area (Å²) in [6.07, 6.45) is -5.79. The van der Waals surface area contributed by atoms with Crippen LogP contribution in [0.1, 0.15) is 28.9 Å². The van der Waals surface area contributed by atoms with Gasteiger partial charge in [0.25, 0.3) is 0 Å². The third-order valence-electron chi connectivity index (χ3n) is 5.20. The van der Waals surface area contributed by atoms with Gasteiger partial charge in [-0.25, -0.2) is 13.2 Å². The van der Waals surface area contributed by atoms with E-state index in [-0.39, 0.29) is 11.5 Å². The van der Waals surface area contributed by atoms with Crippen LogP contribution >= 0.6 is 0 Å². The Labute approximate surface area is 215 Å². The number of nitrogens with one attached hydrogen (secondary N) is 2. The average molecular weight is 520 g/mol. The average Bonchev–Trinajstić information content (AvgIpc) is 2.92. The molecule has 0 radical (unpaired) electrons. The van der Waals surface area contributed by atoms with E-state index < -0.39 is 53.9 Å². The third-order valence-corrected chi connectivity index (χ3v) is 6.69. The second-order valence-electron chi connectivity index (χ2n) is 8.02. The zero-order chi connectivity index (χ0) is 28.7. The minimum absolute atomic E-state index is 0.00616. The highest BCUT2D eigenvalue weighted by atomic mass is 32.2. The minimum atomic E-state index is -4.44. The summed E-state index contributed by atoms with van der Waals surface area (Å²) in [5.41, 5.74) is 1.51. The predicted octanol–water partition coefficient (Wildman–Crippen LogP) is 3.73. The molecule has 36 heavy (non-hydrogen) atoms. The number of amides is 1. The van der Waals surface area contributed by atoms with Crippen molar-refractivity contribution in [1.82, 2.24) is 10.0 Å². The summed E-state index contributed by atoms with van der Waals surface area (Å²) in [5, 5.41) is 13.0. The summed E-state index contributed by atoms with van der Waals surface area (Å²) in [6, 6.07) is 16.6. The number of sulfonamides is 1. The number of aliphatic carboxylic acids is 1. The number of rotatable bonds is 12. The molecule has 4 atom stereocenters. The van der Waals surface area contributed by atoms with Gasteiger partial charge in [0.05, 0.1) is 4.90 Å². The Bertz CT molecular complexity index is 1410. The van der Waals surface area contributed by atoms with Crippen LogP contribution in [0.15, 0.2) is 71.6 Å². The second kappa shape index (κ2) is 12.4. The Morgan fingerprint density at radius 3 is 2.39 bits per heavy atom. The van der Waals surface area contributed by atoms with Crippen molar-refractivity contribution < 1.29 is 32.0 Å². The molecule has 0 aliphatic rings. The molecule has 3 aromatic carbocycles. The largest absolute Gasteiger partial charge is 0.480 e. The Balaban J connectivity index is 1.70. The van der Waals surface area contributed by atoms with E-state index in [4.69, 9.17) is 8.85 Å². The normalized spacial score (nSPS) is 16.0. The van der Waals surface area contributed by atoms with Crippen molar-refractivity contribution in [2.45, 2.75) is 36.7 Å². The summed E-state index contributed by atoms with van der Waals surface area (Å²) in [6.45, 7) is -0.402. The molecular formula is C26H31N3O6S. The molecular weight excluding hydrogens is 482 g/mol. The lowest BCUT2D eigenvalue weighted by atomic mass is 10.1. The first-order valence-electron chi connectivity index (χ1n) is 12.8. The first-order valence-corrected chi connectivity index (χ1v) is 12.6. The standard InChI is InChI=1S/C26H31N3O6S/c1-29(2)23-15-8-13-21-20(23)12-9-16-24(21)36(33,34)28-22(25(30)31)14-6-7-17-27-26(32)35-18-19-10-4-3-5-11-19/h3-5,8-13,15-16,22,28H,6-7,14,17-18H2,1-2H3,(H,27,32)(H,30,31)/t22-/m0/s1/i6T,7T,14T/t6?,7?,14?,22-. The fraction of sp³-hybridized carbons (Fsp3) is 0.308. The van der Waals surface area contributed by atoms with Crippen molar-refractivity contribution in [2.24, 2.45) is 0 Å². The van der Waals surface area contributed by atoms with Gasteiger partial charge in [-0.2, -0.15) is 4.72 Å². The van der Waals surface area contributed by atoms with Crippen molar-refractivity contribution in [1.29, 1.82) is 0 Å². The number of carbonyl (C=O) groups excluding carboxylic acids is 1. The lowest BCUT2D eigenvalue weighted by molar-refractivity contribution is -0.139. The maximum atomic E-state index is 13.3. The van der Waals surface area contributed by atoms with Gasteiger partial charge in [0.1, 0.15) is 12.6 Å². The molecule has 9 nitrogen and oxygen atoms in total. The van der Waals surface area contributed by atoms with Crippen LogP contribution in [-0.2, 0) is 26.2 Å². The van der Waals surface area contributed by atoms with E-state index in [1.807, 2.05) is 35.9 Å². The minimum Gasteiger partial charge on any atom is -0.480 e. The molecule has 0 bridgehead atoms. The topological polar surface area (TPSA) is 125 Å². The van der Waals surface area contributed by atoms with Gasteiger partial charge in [-0.1, -0.05) is 54.6 Å². The predicted molar refractivity (Wildman–Crippen MR) is 139 cm³/mol. The molecule has 3 unspecified atom stereocenters. The van der Waals surface area contributed by atoms with Crippen LogP contribution in [-0.4, -0.2) is 52.3 Å². The smallest absolute Gasteiger partial charge is 0.407 e. The fourth-order valence-corrected chi connectivity index (χ4v) is 4.83. The molecule has 3 N–H and O–H groups in total. The number of nitrogens with zero attached hydrogens (tertiary/aromatic N) is 1. The van der Waals surface area contributed by atoms with Crippen molar-refractivity contribution in [3.63, 3.8) is 0 Å². The number of carboxylic acids is 1. The number of anilines is 1. The molecule has 0 saturated heterocycles. The molecule has 0 heterocycles. The SMILES string of the molecule is [3H]C(CNC(=O)OCc1ccccc1)C([3H])C([3H])[C@H](NS(=O)(=O)c1cccc2c(N(C)C)cccc12)C(=O)O. The Morgan fingerprint density at radius 1 is 1.00 bits per heavy atom. The van der Waals surface area contributed by atoms with Gasteiger partial charge in [0, 0.05) is 41.2 Å². The van der Waals surface area contributed by atoms with Gasteiger partial charge in [0.15, 0.2) is 0 Å². The molecule has 10 heteroatoms. The first kappa shape index (κ1) is 22.8. The van der Waals surface area contributed by atoms with Crippen molar-refractivity contribution >= 4 is 38.5 Å². The van der Waals surface area contributed by atoms with E-state index in [1.54, 1.807) is 42.5 Å². The van der Waals surface area contributed by atoms with E-state index >= 15 is 0 Å². The number of hydrogen-bond donors (Lipinski definition) is 3. The van der Waals surface area contributed by atoms with Crippen molar-refractivity contribution in [2.75, 3.05) is 25.5 Å². The summed E-state index contributed by atoms with van der Waals surface area (Å²) in [5.74, 6) is -1.66. The first-order chi connectivity index (χ1) is 18.4. The van der Waals surface area contributed by atoms with Gasteiger partial charge < -0.3 is 20.1 Å². The van der Waals surface area contributed by atoms with Crippen LogP contribution in [0.2, 0.25) is 0 Å². The quantitative estimate of drug-likeness (QED) is 0.333. The Hall–Kier alpha value is -3.63. The highest BCUT2D eigenvalue weighted by molar-refractivity contribution is 7.89. The van der Waals surface area contributed by atoms with Crippen LogP contribution in [0.25, 0.3) is 10.8 Å². The lowest BCUT2D eigenvalue weighted by Gasteiger charge is -2.18. The van der Waals surface area contributed by atoms with Gasteiger partial charge in [-0.3, -0.25) is 4.79 Å². The number of benzene rings is 3. The van der Waals surface area contributed by atoms with Gasteiger partial charge in [-0.15, -0.1) is 0 Å². The highest BCUT2D eigenvalue weighted by Gasteiger charge is 2.26. The number of fused-ring (bicyclic) bond motifs is 1. The molecule has 0 spiro atoms. The third kappa shape index (κ3) is 7.19. The molecule has 0 fully saturated rings. The maximum absolute atomic E-state index is 13.3. The molecule has 0 saturated carbocycles. The Kier molecular flexibility index (Phi) is 7.84. The molecule has 1 amide bonds. The fourth-order valence-electron chi connectivity index (χ4n) is 3.47. The van der Waals surface area contributed by atoms with Crippen LogP contribution in [0.3, 0.4) is 0 Å². The Morgan fingerprint density at radius 2 is 1.69 bits per heavy atom. The second-order valence-corrected chi connectivity index (χ2v) is 9.71. The van der Waals surface area contributed by atoms with Crippen molar-refractivity contribution in [3.8, 4) is 0 Å². The van der Waals surface area contributed by atoms with E-state index in [0.717, 1.165) is 11.3 Å². The molecule has 3 rings (SSSR count). The van der Waals surface area contributed by atoms with Crippen molar-refractivity contribution in [3.05, 3.63) is 72.3 Å². The van der Waals surface area contributed by atoms with Crippen LogP contribution in [0, 0.1) is 0 Å². The van der Waals surface area contributed by atoms with Gasteiger partial charge in [0.2, 0.25) is 10.0 Å². The summed E-state index contributed by atoms with van der Waals surface area (Å²) in [4.78, 5) is 25.6. The van der Waals surface area contributed by atoms with Crippen LogP contribution in [0.4, 0.5) is 10.5 Å². The number of alkyl carbamates (subject to hydrolysis) is 1. The van der Waals surface area contributed by atoms with Gasteiger partial charge in [-0.05, 0) is 36.9 Å². The number of ether oxygens (including phenoxy) is 1. The summed E-state index contributed by atoms with van der Waals surface area (Å²) < 4.78 is 58.4. The molecule has 0 aliphatic carbocycles. The number of hydrogen-bond acceptors (Lipinski definition) is 6. The van der Waals surface area contributed by atoms with E-state index in [2.05, 4.69) is 5.32 Å². The molecule has 0 aromatic heterocycles. The zero-order valence-electron chi connectivity index (χ0n) is 22.9. The number of carbonyl (C=O) groups is 2. The summed E-state index contributed by atoms with van der Waals surface area (Å²) >= 11 is 0. The van der Waals surface area contributed by atoms with E-state index in [0.29, 0.717) is 10.8 Å². The van der Waals surface area contributed by atoms with Crippen LogP contribution in [0.5, 0.6) is 0 Å². The summed E-state index contributed by atoms with van der Waals surface area (Å²) in [7, 11) is -0.824. The molecule has 3 aromatic rings. The molecule has 0 aliphatic heterocycles. The monoisotopic (exact) mass is 519 g/mol. The van der Waals surface area contributed by atoms with Gasteiger partial charge >= 0.3 is 12.1 Å². The molecule has 192 valence electrons. The van der Waals surface area contributed by atoms with E-state index in [1.165, 1.54) is 12.1 Å². The lowest BCUT2D eigenvalue weighted by Crippen LogP contribution is -2.40. The maximum Gasteiger partial charge on any atom is 0.407 e. The number of carboxylic acid groups (broad SMARTS) is 1. The van der Waals surface area contributed by atoms with E-state index in [9.17, 15) is 23.1 Å². The zero-order valence-corrected chi connectivity index (χ0v) is 20.7. The van der Waals surface area contributed by atoms with Crippen LogP contribution < -0.4 is 14.9 Å².